The van der Waals surface area contributed by atoms with E-state index in [0.29, 0.717) is 6.54 Å². The van der Waals surface area contributed by atoms with Crippen molar-refractivity contribution in [2.45, 2.75) is 64.5 Å². The Hall–Kier alpha value is -1.80. The molecule has 2 N–H and O–H groups in total. The van der Waals surface area contributed by atoms with Crippen LogP contribution in [-0.4, -0.2) is 53.0 Å². The van der Waals surface area contributed by atoms with E-state index in [-0.39, 0.29) is 30.0 Å². The fourth-order valence-corrected chi connectivity index (χ4v) is 3.18. The maximum atomic E-state index is 14.0. The zero-order valence-electron chi connectivity index (χ0n) is 16.3. The van der Waals surface area contributed by atoms with Gasteiger partial charge in [-0.05, 0) is 51.2 Å². The number of ether oxygens (including phenoxy) is 2. The summed E-state index contributed by atoms with van der Waals surface area (Å²) in [6.07, 6.45) is 4.79. The van der Waals surface area contributed by atoms with Gasteiger partial charge >= 0.3 is 13.2 Å². The molecule has 0 bridgehead atoms. The van der Waals surface area contributed by atoms with E-state index in [1.165, 1.54) is 18.6 Å². The minimum atomic E-state index is -1.73. The van der Waals surface area contributed by atoms with Gasteiger partial charge in [0, 0.05) is 6.04 Å². The zero-order chi connectivity index (χ0) is 20.0. The van der Waals surface area contributed by atoms with Crippen molar-refractivity contribution in [2.24, 2.45) is 0 Å². The van der Waals surface area contributed by atoms with Crippen molar-refractivity contribution in [2.75, 3.05) is 13.2 Å². The van der Waals surface area contributed by atoms with Gasteiger partial charge in [0.1, 0.15) is 12.2 Å². The number of halogens is 1. The second kappa shape index (κ2) is 9.42. The molecule has 0 atom stereocenters. The Morgan fingerprint density at radius 3 is 2.48 bits per heavy atom. The van der Waals surface area contributed by atoms with E-state index in [1.54, 1.807) is 4.90 Å². The number of hydrogen-bond donors (Lipinski definition) is 2. The van der Waals surface area contributed by atoms with Gasteiger partial charge in [0.25, 0.3) is 0 Å². The fourth-order valence-electron chi connectivity index (χ4n) is 3.18. The highest BCUT2D eigenvalue weighted by Crippen LogP contribution is 2.24. The summed E-state index contributed by atoms with van der Waals surface area (Å²) in [6, 6.07) is 3.86. The molecule has 1 saturated carbocycles. The topological polar surface area (TPSA) is 79.2 Å². The number of rotatable bonds is 6. The molecule has 1 aliphatic carbocycles. The molecule has 0 aromatic heterocycles. The minimum absolute atomic E-state index is 0.00665. The second-order valence-corrected chi connectivity index (χ2v) is 7.88. The van der Waals surface area contributed by atoms with E-state index in [9.17, 15) is 9.18 Å². The Balaban J connectivity index is 1.99. The zero-order valence-corrected chi connectivity index (χ0v) is 16.3. The lowest BCUT2D eigenvalue weighted by atomic mass is 9.80. The van der Waals surface area contributed by atoms with Crippen LogP contribution in [0.3, 0.4) is 0 Å². The number of benzene rings is 1. The molecule has 8 heteroatoms. The summed E-state index contributed by atoms with van der Waals surface area (Å²) in [5, 5.41) is 18.2. The summed E-state index contributed by atoms with van der Waals surface area (Å²) in [5.74, 6) is -0.672. The summed E-state index contributed by atoms with van der Waals surface area (Å²) < 4.78 is 25.0. The molecule has 6 nitrogen and oxygen atoms in total. The first kappa shape index (κ1) is 21.5. The third-order valence-electron chi connectivity index (χ3n) is 4.49. The van der Waals surface area contributed by atoms with Crippen LogP contribution in [0, 0.1) is 5.82 Å². The lowest BCUT2D eigenvalue weighted by molar-refractivity contribution is 0.00908. The summed E-state index contributed by atoms with van der Waals surface area (Å²) in [6.45, 7) is 5.89. The molecule has 0 radical (unpaired) electrons. The average Bonchev–Trinajstić information content (AvgIpc) is 2.58. The van der Waals surface area contributed by atoms with Crippen LogP contribution in [0.15, 0.2) is 18.2 Å². The van der Waals surface area contributed by atoms with Gasteiger partial charge in [0.2, 0.25) is 0 Å². The largest absolute Gasteiger partial charge is 0.489 e. The lowest BCUT2D eigenvalue weighted by Gasteiger charge is -2.35. The van der Waals surface area contributed by atoms with E-state index in [2.05, 4.69) is 0 Å². The van der Waals surface area contributed by atoms with E-state index >= 15 is 0 Å². The molecule has 1 amide bonds. The van der Waals surface area contributed by atoms with E-state index in [4.69, 9.17) is 19.5 Å². The highest BCUT2D eigenvalue weighted by Gasteiger charge is 2.29. The Morgan fingerprint density at radius 2 is 1.93 bits per heavy atom. The van der Waals surface area contributed by atoms with Crippen LogP contribution in [-0.2, 0) is 4.74 Å². The fraction of sp³-hybridized carbons (Fsp3) is 0.632. The van der Waals surface area contributed by atoms with E-state index in [0.717, 1.165) is 31.7 Å². The van der Waals surface area contributed by atoms with Crippen molar-refractivity contribution >= 4 is 18.7 Å². The number of amides is 1. The summed E-state index contributed by atoms with van der Waals surface area (Å²) in [7, 11) is -1.73. The first-order valence-corrected chi connectivity index (χ1v) is 9.45. The van der Waals surface area contributed by atoms with E-state index < -0.39 is 18.5 Å². The van der Waals surface area contributed by atoms with Gasteiger partial charge in [-0.1, -0.05) is 25.3 Å². The van der Waals surface area contributed by atoms with Gasteiger partial charge in [-0.25, -0.2) is 9.18 Å². The second-order valence-electron chi connectivity index (χ2n) is 7.88. The van der Waals surface area contributed by atoms with Crippen LogP contribution in [0.1, 0.15) is 52.9 Å². The molecule has 150 valence electrons. The molecule has 1 aromatic carbocycles. The average molecular weight is 381 g/mol. The Labute approximate surface area is 160 Å². The van der Waals surface area contributed by atoms with Gasteiger partial charge in [-0.2, -0.15) is 0 Å². The SMILES string of the molecule is CC(C)(C)OC(=O)N(CCOc1ccc(B(O)O)cc1F)C1CCCCC1. The standard InChI is InChI=1S/C19H29BFNO5/c1-19(2,3)27-18(23)22(15-7-5-4-6-8-15)11-12-26-17-10-9-14(20(24)25)13-16(17)21/h9-10,13,15,24-25H,4-8,11-12H2,1-3H3. The summed E-state index contributed by atoms with van der Waals surface area (Å²) >= 11 is 0. The van der Waals surface area contributed by atoms with Crippen molar-refractivity contribution in [3.05, 3.63) is 24.0 Å². The van der Waals surface area contributed by atoms with Crippen molar-refractivity contribution in [1.29, 1.82) is 0 Å². The van der Waals surface area contributed by atoms with Crippen molar-refractivity contribution in [3.63, 3.8) is 0 Å². The van der Waals surface area contributed by atoms with Crippen molar-refractivity contribution in [3.8, 4) is 5.75 Å². The monoisotopic (exact) mass is 381 g/mol. The third kappa shape index (κ3) is 6.70. The first-order chi connectivity index (χ1) is 12.7. The molecule has 27 heavy (non-hydrogen) atoms. The van der Waals surface area contributed by atoms with Gasteiger partial charge in [0.05, 0.1) is 6.54 Å². The van der Waals surface area contributed by atoms with Crippen LogP contribution in [0.5, 0.6) is 5.75 Å². The quantitative estimate of drug-likeness (QED) is 0.741. The van der Waals surface area contributed by atoms with Crippen molar-refractivity contribution in [1.82, 2.24) is 4.90 Å². The third-order valence-corrected chi connectivity index (χ3v) is 4.49. The lowest BCUT2D eigenvalue weighted by Crippen LogP contribution is -2.46. The summed E-state index contributed by atoms with van der Waals surface area (Å²) in [4.78, 5) is 14.3. The molecular weight excluding hydrogens is 352 g/mol. The highest BCUT2D eigenvalue weighted by molar-refractivity contribution is 6.58. The van der Waals surface area contributed by atoms with Crippen LogP contribution < -0.4 is 10.2 Å². The molecule has 0 saturated heterocycles. The summed E-state index contributed by atoms with van der Waals surface area (Å²) in [5.41, 5.74) is -0.532. The first-order valence-electron chi connectivity index (χ1n) is 9.45. The molecular formula is C19H29BFNO5. The number of carbonyl (C=O) groups is 1. The molecule has 0 unspecified atom stereocenters. The van der Waals surface area contributed by atoms with Crippen LogP contribution >= 0.6 is 0 Å². The molecule has 0 heterocycles. The number of nitrogens with zero attached hydrogens (tertiary/aromatic N) is 1. The normalized spacial score (nSPS) is 15.3. The Bertz CT molecular complexity index is 629. The van der Waals surface area contributed by atoms with Gasteiger partial charge in [0.15, 0.2) is 11.6 Å². The molecule has 0 aliphatic heterocycles. The maximum absolute atomic E-state index is 14.0. The van der Waals surface area contributed by atoms with Crippen LogP contribution in [0.25, 0.3) is 0 Å². The molecule has 0 spiro atoms. The van der Waals surface area contributed by atoms with Gasteiger partial charge < -0.3 is 24.4 Å². The maximum Gasteiger partial charge on any atom is 0.488 e. The number of carbonyl (C=O) groups excluding carboxylic acids is 1. The van der Waals surface area contributed by atoms with Crippen LogP contribution in [0.4, 0.5) is 9.18 Å². The molecule has 1 aromatic rings. The van der Waals surface area contributed by atoms with Crippen LogP contribution in [0.2, 0.25) is 0 Å². The van der Waals surface area contributed by atoms with E-state index in [1.807, 2.05) is 20.8 Å². The minimum Gasteiger partial charge on any atom is -0.489 e. The predicted molar refractivity (Wildman–Crippen MR) is 102 cm³/mol. The van der Waals surface area contributed by atoms with Gasteiger partial charge in [-0.15, -0.1) is 0 Å². The smallest absolute Gasteiger partial charge is 0.488 e. The number of hydrogen-bond acceptors (Lipinski definition) is 5. The van der Waals surface area contributed by atoms with Crippen molar-refractivity contribution < 1.29 is 28.7 Å². The highest BCUT2D eigenvalue weighted by atomic mass is 19.1. The molecule has 2 rings (SSSR count). The Kier molecular flexibility index (Phi) is 7.50. The molecule has 1 aliphatic rings. The predicted octanol–water partition coefficient (Wildman–Crippen LogP) is 2.45. The Morgan fingerprint density at radius 1 is 1.26 bits per heavy atom. The molecule has 1 fully saturated rings. The van der Waals surface area contributed by atoms with Gasteiger partial charge in [-0.3, -0.25) is 0 Å².